The summed E-state index contributed by atoms with van der Waals surface area (Å²) in [7, 11) is 0. The van der Waals surface area contributed by atoms with Crippen LogP contribution in [0.5, 0.6) is 0 Å². The van der Waals surface area contributed by atoms with Crippen LogP contribution in [0.4, 0.5) is 13.2 Å². The SMILES string of the molecule is O=C(c1ccccc1F)N1CCN(C(=O)C2CC2c2ccc(F)c(F)c2)CC1. The van der Waals surface area contributed by atoms with Crippen molar-refractivity contribution in [2.45, 2.75) is 12.3 Å². The molecule has 2 aromatic carbocycles. The maximum atomic E-state index is 13.8. The first-order valence-corrected chi connectivity index (χ1v) is 9.23. The van der Waals surface area contributed by atoms with Gasteiger partial charge in [0, 0.05) is 32.1 Å². The molecule has 4 rings (SSSR count). The molecule has 2 aliphatic rings. The Hall–Kier alpha value is -2.83. The van der Waals surface area contributed by atoms with Gasteiger partial charge in [0.2, 0.25) is 5.91 Å². The molecule has 1 aliphatic carbocycles. The van der Waals surface area contributed by atoms with Crippen molar-refractivity contribution in [3.05, 3.63) is 71.0 Å². The van der Waals surface area contributed by atoms with Crippen LogP contribution in [0.25, 0.3) is 0 Å². The van der Waals surface area contributed by atoms with Gasteiger partial charge in [0.15, 0.2) is 11.6 Å². The molecule has 1 heterocycles. The average molecular weight is 388 g/mol. The van der Waals surface area contributed by atoms with Gasteiger partial charge >= 0.3 is 0 Å². The fraction of sp³-hybridized carbons (Fsp3) is 0.333. The highest BCUT2D eigenvalue weighted by molar-refractivity contribution is 5.94. The molecule has 2 unspecified atom stereocenters. The Morgan fingerprint density at radius 2 is 1.50 bits per heavy atom. The third-order valence-corrected chi connectivity index (χ3v) is 5.46. The average Bonchev–Trinajstić information content (AvgIpc) is 3.50. The molecule has 0 N–H and O–H groups in total. The van der Waals surface area contributed by atoms with Crippen LogP contribution in [0, 0.1) is 23.4 Å². The zero-order valence-electron chi connectivity index (χ0n) is 15.1. The van der Waals surface area contributed by atoms with Gasteiger partial charge in [0.25, 0.3) is 5.91 Å². The maximum absolute atomic E-state index is 13.8. The predicted molar refractivity (Wildman–Crippen MR) is 96.1 cm³/mol. The Morgan fingerprint density at radius 3 is 2.18 bits per heavy atom. The van der Waals surface area contributed by atoms with Gasteiger partial charge in [-0.25, -0.2) is 13.2 Å². The van der Waals surface area contributed by atoms with Crippen molar-refractivity contribution in [3.63, 3.8) is 0 Å². The summed E-state index contributed by atoms with van der Waals surface area (Å²) in [6, 6.07) is 9.59. The Kier molecular flexibility index (Phi) is 4.83. The van der Waals surface area contributed by atoms with Gasteiger partial charge in [-0.1, -0.05) is 18.2 Å². The largest absolute Gasteiger partial charge is 0.339 e. The molecule has 7 heteroatoms. The van der Waals surface area contributed by atoms with E-state index in [0.29, 0.717) is 38.2 Å². The highest BCUT2D eigenvalue weighted by atomic mass is 19.2. The van der Waals surface area contributed by atoms with Gasteiger partial charge in [0.1, 0.15) is 5.82 Å². The zero-order valence-corrected chi connectivity index (χ0v) is 15.1. The molecule has 2 fully saturated rings. The van der Waals surface area contributed by atoms with Crippen LogP contribution in [0.2, 0.25) is 0 Å². The second kappa shape index (κ2) is 7.30. The molecule has 0 aromatic heterocycles. The summed E-state index contributed by atoms with van der Waals surface area (Å²) in [5, 5.41) is 0. The number of amides is 2. The van der Waals surface area contributed by atoms with Crippen molar-refractivity contribution in [2.75, 3.05) is 26.2 Å². The molecule has 0 bridgehead atoms. The van der Waals surface area contributed by atoms with E-state index in [1.54, 1.807) is 15.9 Å². The summed E-state index contributed by atoms with van der Waals surface area (Å²) in [6.45, 7) is 1.42. The Balaban J connectivity index is 1.34. The first-order valence-electron chi connectivity index (χ1n) is 9.23. The molecule has 1 saturated carbocycles. The van der Waals surface area contributed by atoms with Gasteiger partial charge in [-0.05, 0) is 42.2 Å². The summed E-state index contributed by atoms with van der Waals surface area (Å²) in [5.41, 5.74) is 0.661. The highest BCUT2D eigenvalue weighted by Crippen LogP contribution is 2.48. The Bertz CT molecular complexity index is 926. The number of piperazine rings is 1. The smallest absolute Gasteiger partial charge is 0.256 e. The van der Waals surface area contributed by atoms with Crippen LogP contribution in [-0.2, 0) is 4.79 Å². The fourth-order valence-electron chi connectivity index (χ4n) is 3.75. The van der Waals surface area contributed by atoms with Crippen molar-refractivity contribution in [2.24, 2.45) is 5.92 Å². The topological polar surface area (TPSA) is 40.6 Å². The van der Waals surface area contributed by atoms with E-state index < -0.39 is 17.5 Å². The summed E-state index contributed by atoms with van der Waals surface area (Å²) in [4.78, 5) is 28.4. The maximum Gasteiger partial charge on any atom is 0.256 e. The molecule has 146 valence electrons. The minimum absolute atomic E-state index is 0.0304. The number of hydrogen-bond acceptors (Lipinski definition) is 2. The van der Waals surface area contributed by atoms with Crippen molar-refractivity contribution < 1.29 is 22.8 Å². The van der Waals surface area contributed by atoms with E-state index in [1.807, 2.05) is 0 Å². The van der Waals surface area contributed by atoms with Gasteiger partial charge in [-0.3, -0.25) is 9.59 Å². The lowest BCUT2D eigenvalue weighted by Gasteiger charge is -2.35. The van der Waals surface area contributed by atoms with Gasteiger partial charge in [-0.2, -0.15) is 0 Å². The van der Waals surface area contributed by atoms with Crippen molar-refractivity contribution in [1.29, 1.82) is 0 Å². The molecular formula is C21H19F3N2O2. The van der Waals surface area contributed by atoms with Crippen molar-refractivity contribution in [3.8, 4) is 0 Å². The lowest BCUT2D eigenvalue weighted by Crippen LogP contribution is -2.51. The Labute approximate surface area is 160 Å². The van der Waals surface area contributed by atoms with E-state index in [-0.39, 0.29) is 29.2 Å². The predicted octanol–water partition coefficient (Wildman–Crippen LogP) is 3.19. The minimum Gasteiger partial charge on any atom is -0.339 e. The van der Waals surface area contributed by atoms with E-state index in [0.717, 1.165) is 12.1 Å². The third kappa shape index (κ3) is 3.48. The van der Waals surface area contributed by atoms with Crippen molar-refractivity contribution >= 4 is 11.8 Å². The first-order chi connectivity index (χ1) is 13.5. The molecule has 0 spiro atoms. The van der Waals surface area contributed by atoms with Crippen LogP contribution < -0.4 is 0 Å². The molecule has 2 atom stereocenters. The lowest BCUT2D eigenvalue weighted by molar-refractivity contribution is -0.134. The van der Waals surface area contributed by atoms with Crippen LogP contribution in [0.3, 0.4) is 0 Å². The molecule has 4 nitrogen and oxygen atoms in total. The van der Waals surface area contributed by atoms with E-state index >= 15 is 0 Å². The molecule has 0 radical (unpaired) electrons. The quantitative estimate of drug-likeness (QED) is 0.810. The summed E-state index contributed by atoms with van der Waals surface area (Å²) in [5.74, 6) is -3.11. The number of carbonyl (C=O) groups excluding carboxylic acids is 2. The van der Waals surface area contributed by atoms with Gasteiger partial charge < -0.3 is 9.80 Å². The fourth-order valence-corrected chi connectivity index (χ4v) is 3.75. The van der Waals surface area contributed by atoms with Gasteiger partial charge in [-0.15, -0.1) is 0 Å². The standard InChI is InChI=1S/C21H19F3N2O2/c22-17-4-2-1-3-14(17)20(27)25-7-9-26(10-8-25)21(28)16-12-15(16)13-5-6-18(23)19(24)11-13/h1-6,11,15-16H,7-10,12H2. The van der Waals surface area contributed by atoms with Gasteiger partial charge in [0.05, 0.1) is 5.56 Å². The molecular weight excluding hydrogens is 369 g/mol. The summed E-state index contributed by atoms with van der Waals surface area (Å²) >= 11 is 0. The van der Waals surface area contributed by atoms with Crippen LogP contribution >= 0.6 is 0 Å². The zero-order chi connectivity index (χ0) is 19.8. The number of hydrogen-bond donors (Lipinski definition) is 0. The van der Waals surface area contributed by atoms with Crippen molar-refractivity contribution in [1.82, 2.24) is 9.80 Å². The van der Waals surface area contributed by atoms with E-state index in [1.165, 1.54) is 24.3 Å². The number of rotatable bonds is 3. The van der Waals surface area contributed by atoms with E-state index in [4.69, 9.17) is 0 Å². The number of halogens is 3. The normalized spacial score (nSPS) is 21.5. The molecule has 28 heavy (non-hydrogen) atoms. The molecule has 2 amide bonds. The molecule has 1 aliphatic heterocycles. The number of carbonyl (C=O) groups is 2. The van der Waals surface area contributed by atoms with Crippen LogP contribution in [0.1, 0.15) is 28.3 Å². The third-order valence-electron chi connectivity index (χ3n) is 5.46. The second-order valence-corrected chi connectivity index (χ2v) is 7.22. The first kappa shape index (κ1) is 18.5. The van der Waals surface area contributed by atoms with Crippen LogP contribution in [0.15, 0.2) is 42.5 Å². The molecule has 2 aromatic rings. The summed E-state index contributed by atoms with van der Waals surface area (Å²) < 4.78 is 40.3. The van der Waals surface area contributed by atoms with Crippen LogP contribution in [-0.4, -0.2) is 47.8 Å². The minimum atomic E-state index is -0.907. The summed E-state index contributed by atoms with van der Waals surface area (Å²) in [6.07, 6.45) is 0.609. The Morgan fingerprint density at radius 1 is 0.821 bits per heavy atom. The number of nitrogens with zero attached hydrogens (tertiary/aromatic N) is 2. The van der Waals surface area contributed by atoms with E-state index in [2.05, 4.69) is 0 Å². The number of benzene rings is 2. The monoisotopic (exact) mass is 388 g/mol. The lowest BCUT2D eigenvalue weighted by atomic mass is 10.1. The van der Waals surface area contributed by atoms with E-state index in [9.17, 15) is 22.8 Å². The highest BCUT2D eigenvalue weighted by Gasteiger charge is 2.46. The second-order valence-electron chi connectivity index (χ2n) is 7.22. The molecule has 1 saturated heterocycles.